The molecular weight excluding hydrogens is 243 g/mol. The molecular formula is C15H17FN2O. The number of hydrogen-bond acceptors (Lipinski definition) is 3. The lowest BCUT2D eigenvalue weighted by atomic mass is 9.81. The van der Waals surface area contributed by atoms with Crippen LogP contribution in [0.2, 0.25) is 0 Å². The summed E-state index contributed by atoms with van der Waals surface area (Å²) in [5.74, 6) is -0.370. The molecule has 0 aromatic heterocycles. The van der Waals surface area contributed by atoms with Crippen molar-refractivity contribution in [3.8, 4) is 6.07 Å². The Kier molecular flexibility index (Phi) is 3.04. The molecule has 2 atom stereocenters. The van der Waals surface area contributed by atoms with Gasteiger partial charge in [0.05, 0.1) is 18.1 Å². The van der Waals surface area contributed by atoms with Gasteiger partial charge in [0.1, 0.15) is 5.82 Å². The van der Waals surface area contributed by atoms with Gasteiger partial charge in [-0.15, -0.1) is 0 Å². The van der Waals surface area contributed by atoms with E-state index in [2.05, 4.69) is 5.32 Å². The third kappa shape index (κ3) is 2.24. The predicted octanol–water partition coefficient (Wildman–Crippen LogP) is 1.99. The van der Waals surface area contributed by atoms with E-state index in [0.29, 0.717) is 30.5 Å². The van der Waals surface area contributed by atoms with Gasteiger partial charge >= 0.3 is 0 Å². The van der Waals surface area contributed by atoms with E-state index in [4.69, 9.17) is 5.26 Å². The van der Waals surface area contributed by atoms with Gasteiger partial charge < -0.3 is 10.4 Å². The van der Waals surface area contributed by atoms with Crippen LogP contribution in [0.4, 0.5) is 4.39 Å². The van der Waals surface area contributed by atoms with E-state index in [0.717, 1.165) is 18.4 Å². The Morgan fingerprint density at radius 3 is 2.68 bits per heavy atom. The van der Waals surface area contributed by atoms with Crippen LogP contribution in [0.3, 0.4) is 0 Å². The number of aliphatic hydroxyl groups is 1. The van der Waals surface area contributed by atoms with Crippen LogP contribution in [0.15, 0.2) is 18.2 Å². The molecule has 3 rings (SSSR count). The van der Waals surface area contributed by atoms with E-state index in [1.165, 1.54) is 6.07 Å². The first-order valence-electron chi connectivity index (χ1n) is 6.75. The number of nitrogens with zero attached hydrogens (tertiary/aromatic N) is 1. The molecule has 2 bridgehead atoms. The minimum atomic E-state index is -0.880. The van der Waals surface area contributed by atoms with Crippen LogP contribution in [0.1, 0.15) is 36.8 Å². The summed E-state index contributed by atoms with van der Waals surface area (Å²) in [5.41, 5.74) is 0.242. The van der Waals surface area contributed by atoms with Crippen molar-refractivity contribution in [2.24, 2.45) is 0 Å². The van der Waals surface area contributed by atoms with Crippen LogP contribution in [0.25, 0.3) is 0 Å². The van der Waals surface area contributed by atoms with Crippen molar-refractivity contribution >= 4 is 0 Å². The maximum Gasteiger partial charge on any atom is 0.127 e. The van der Waals surface area contributed by atoms with E-state index in [-0.39, 0.29) is 12.2 Å². The average Bonchev–Trinajstić information content (AvgIpc) is 2.72. The summed E-state index contributed by atoms with van der Waals surface area (Å²) in [6, 6.07) is 7.35. The van der Waals surface area contributed by atoms with Gasteiger partial charge in [-0.3, -0.25) is 0 Å². The predicted molar refractivity (Wildman–Crippen MR) is 68.8 cm³/mol. The van der Waals surface area contributed by atoms with Gasteiger partial charge in [0.15, 0.2) is 0 Å². The molecule has 2 unspecified atom stereocenters. The third-order valence-corrected chi connectivity index (χ3v) is 4.36. The number of piperidine rings is 1. The minimum absolute atomic E-state index is 0.0425. The smallest absolute Gasteiger partial charge is 0.127 e. The van der Waals surface area contributed by atoms with Crippen molar-refractivity contribution in [3.05, 3.63) is 35.1 Å². The monoisotopic (exact) mass is 260 g/mol. The Balaban J connectivity index is 1.93. The third-order valence-electron chi connectivity index (χ3n) is 4.36. The van der Waals surface area contributed by atoms with Gasteiger partial charge in [0.25, 0.3) is 0 Å². The molecule has 0 amide bonds. The highest BCUT2D eigenvalue weighted by molar-refractivity contribution is 5.32. The molecule has 100 valence electrons. The molecule has 1 aromatic carbocycles. The van der Waals surface area contributed by atoms with Crippen molar-refractivity contribution in [1.29, 1.82) is 5.26 Å². The molecule has 4 heteroatoms. The number of fused-ring (bicyclic) bond motifs is 2. The molecule has 2 aliphatic heterocycles. The zero-order valence-corrected chi connectivity index (χ0v) is 10.7. The van der Waals surface area contributed by atoms with Crippen LogP contribution in [-0.4, -0.2) is 17.2 Å². The normalized spacial score (nSPS) is 33.1. The molecule has 2 N–H and O–H groups in total. The Hall–Kier alpha value is -1.44. The molecule has 2 saturated heterocycles. The molecule has 2 fully saturated rings. The molecule has 0 saturated carbocycles. The SMILES string of the molecule is N#CCc1cc(C2(O)CC3CCC(C2)N3)ccc1F. The van der Waals surface area contributed by atoms with Crippen LogP contribution < -0.4 is 5.32 Å². The van der Waals surface area contributed by atoms with Gasteiger partial charge in [-0.25, -0.2) is 4.39 Å². The van der Waals surface area contributed by atoms with Crippen LogP contribution >= 0.6 is 0 Å². The standard InChI is InChI=1S/C15H17FN2O/c16-14-4-1-11(7-10(14)5-6-17)15(19)8-12-2-3-13(9-15)18-12/h1,4,7,12-13,18-19H,2-3,5,8-9H2. The Morgan fingerprint density at radius 2 is 2.05 bits per heavy atom. The fraction of sp³-hybridized carbons (Fsp3) is 0.533. The quantitative estimate of drug-likeness (QED) is 0.855. The number of nitrogens with one attached hydrogen (secondary N) is 1. The van der Waals surface area contributed by atoms with Gasteiger partial charge in [-0.05, 0) is 43.4 Å². The van der Waals surface area contributed by atoms with Gasteiger partial charge in [-0.2, -0.15) is 5.26 Å². The highest BCUT2D eigenvalue weighted by Gasteiger charge is 2.43. The largest absolute Gasteiger partial charge is 0.385 e. The summed E-state index contributed by atoms with van der Waals surface area (Å²) in [7, 11) is 0. The van der Waals surface area contributed by atoms with Crippen LogP contribution in [0.5, 0.6) is 0 Å². The second kappa shape index (κ2) is 4.59. The number of halogens is 1. The number of hydrogen-bond donors (Lipinski definition) is 2. The lowest BCUT2D eigenvalue weighted by Crippen LogP contribution is -2.46. The lowest BCUT2D eigenvalue weighted by Gasteiger charge is -2.37. The molecule has 1 aromatic rings. The van der Waals surface area contributed by atoms with E-state index in [1.54, 1.807) is 12.1 Å². The highest BCUT2D eigenvalue weighted by atomic mass is 19.1. The maximum atomic E-state index is 13.6. The highest BCUT2D eigenvalue weighted by Crippen LogP contribution is 2.40. The maximum absolute atomic E-state index is 13.6. The van der Waals surface area contributed by atoms with E-state index in [9.17, 15) is 9.50 Å². The number of rotatable bonds is 2. The van der Waals surface area contributed by atoms with Crippen molar-refractivity contribution in [3.63, 3.8) is 0 Å². The number of benzene rings is 1. The summed E-state index contributed by atoms with van der Waals surface area (Å²) in [4.78, 5) is 0. The Labute approximate surface area is 112 Å². The van der Waals surface area contributed by atoms with Crippen LogP contribution in [0, 0.1) is 17.1 Å². The first-order chi connectivity index (χ1) is 9.10. The summed E-state index contributed by atoms with van der Waals surface area (Å²) in [6.45, 7) is 0. The van der Waals surface area contributed by atoms with E-state index < -0.39 is 5.60 Å². The summed E-state index contributed by atoms with van der Waals surface area (Å²) < 4.78 is 13.6. The lowest BCUT2D eigenvalue weighted by molar-refractivity contribution is -0.0115. The summed E-state index contributed by atoms with van der Waals surface area (Å²) in [6.07, 6.45) is 3.57. The number of nitriles is 1. The summed E-state index contributed by atoms with van der Waals surface area (Å²) >= 11 is 0. The van der Waals surface area contributed by atoms with Gasteiger partial charge in [0.2, 0.25) is 0 Å². The van der Waals surface area contributed by atoms with Crippen molar-refractivity contribution in [1.82, 2.24) is 5.32 Å². The molecule has 0 radical (unpaired) electrons. The van der Waals surface area contributed by atoms with Gasteiger partial charge in [0, 0.05) is 17.6 Å². The second-order valence-corrected chi connectivity index (χ2v) is 5.72. The molecule has 19 heavy (non-hydrogen) atoms. The molecule has 3 nitrogen and oxygen atoms in total. The topological polar surface area (TPSA) is 56.0 Å². The van der Waals surface area contributed by atoms with E-state index >= 15 is 0 Å². The van der Waals surface area contributed by atoms with Crippen LogP contribution in [-0.2, 0) is 12.0 Å². The zero-order chi connectivity index (χ0) is 13.5. The van der Waals surface area contributed by atoms with Crippen molar-refractivity contribution < 1.29 is 9.50 Å². The first-order valence-corrected chi connectivity index (χ1v) is 6.75. The second-order valence-electron chi connectivity index (χ2n) is 5.72. The average molecular weight is 260 g/mol. The minimum Gasteiger partial charge on any atom is -0.385 e. The van der Waals surface area contributed by atoms with Crippen molar-refractivity contribution in [2.75, 3.05) is 0 Å². The summed E-state index contributed by atoms with van der Waals surface area (Å²) in [5, 5.41) is 23.1. The van der Waals surface area contributed by atoms with Gasteiger partial charge in [-0.1, -0.05) is 6.07 Å². The molecule has 0 spiro atoms. The Morgan fingerprint density at radius 1 is 1.37 bits per heavy atom. The molecule has 2 aliphatic rings. The Bertz CT molecular complexity index is 525. The first kappa shape index (κ1) is 12.6. The fourth-order valence-electron chi connectivity index (χ4n) is 3.44. The van der Waals surface area contributed by atoms with Crippen molar-refractivity contribution in [2.45, 2.75) is 49.8 Å². The molecule has 0 aliphatic carbocycles. The zero-order valence-electron chi connectivity index (χ0n) is 10.7. The van der Waals surface area contributed by atoms with E-state index in [1.807, 2.05) is 6.07 Å². The fourth-order valence-corrected chi connectivity index (χ4v) is 3.44. The molecule has 2 heterocycles.